The molecule has 1 aromatic carbocycles. The van der Waals surface area contributed by atoms with Gasteiger partial charge in [0.2, 0.25) is 11.7 Å². The molecule has 1 amide bonds. The van der Waals surface area contributed by atoms with Crippen LogP contribution in [0.1, 0.15) is 10.9 Å². The Bertz CT molecular complexity index is 537. The molecule has 0 bridgehead atoms. The summed E-state index contributed by atoms with van der Waals surface area (Å²) in [5.74, 6) is 2.28. The lowest BCUT2D eigenvalue weighted by Gasteiger charge is -2.26. The molecule has 1 unspecified atom stereocenters. The Labute approximate surface area is 134 Å². The van der Waals surface area contributed by atoms with Gasteiger partial charge in [-0.2, -0.15) is 0 Å². The monoisotopic (exact) mass is 327 g/mol. The van der Waals surface area contributed by atoms with Gasteiger partial charge < -0.3 is 23.8 Å². The van der Waals surface area contributed by atoms with E-state index in [0.29, 0.717) is 36.2 Å². The number of nitrogens with zero attached hydrogens (tertiary/aromatic N) is 1. The van der Waals surface area contributed by atoms with E-state index in [1.807, 2.05) is 12.1 Å². The number of carbonyl (C=O) groups excluding carboxylic acids is 1. The van der Waals surface area contributed by atoms with Crippen molar-refractivity contribution in [2.75, 3.05) is 47.3 Å². The van der Waals surface area contributed by atoms with Crippen LogP contribution in [0.3, 0.4) is 0 Å². The second kappa shape index (κ2) is 7.60. The van der Waals surface area contributed by atoms with Crippen molar-refractivity contribution in [3.8, 4) is 17.2 Å². The van der Waals surface area contributed by atoms with E-state index in [-0.39, 0.29) is 11.3 Å². The summed E-state index contributed by atoms with van der Waals surface area (Å²) in [6.45, 7) is 1.04. The van der Waals surface area contributed by atoms with Crippen molar-refractivity contribution < 1.29 is 23.7 Å². The maximum Gasteiger partial charge on any atom is 0.233 e. The molecule has 1 atom stereocenters. The Kier molecular flexibility index (Phi) is 5.79. The normalized spacial score (nSPS) is 17.7. The van der Waals surface area contributed by atoms with Gasteiger partial charge >= 0.3 is 0 Å². The number of amides is 1. The van der Waals surface area contributed by atoms with E-state index in [4.69, 9.17) is 18.9 Å². The molecule has 122 valence electrons. The summed E-state index contributed by atoms with van der Waals surface area (Å²) in [4.78, 5) is 13.9. The SMILES string of the molecule is COCCN1C(=O)CSC1c1ccc(OC)c(OC)c1OC. The van der Waals surface area contributed by atoms with E-state index in [0.717, 1.165) is 5.56 Å². The van der Waals surface area contributed by atoms with E-state index in [2.05, 4.69) is 0 Å². The van der Waals surface area contributed by atoms with Gasteiger partial charge in [-0.25, -0.2) is 0 Å². The molecular weight excluding hydrogens is 306 g/mol. The standard InChI is InChI=1S/C15H21NO5S/c1-18-8-7-16-12(17)9-22-15(16)10-5-6-11(19-2)14(21-4)13(10)20-3/h5-6,15H,7-9H2,1-4H3. The molecule has 2 rings (SSSR count). The van der Waals surface area contributed by atoms with Gasteiger partial charge in [0, 0.05) is 19.2 Å². The minimum atomic E-state index is -0.114. The quantitative estimate of drug-likeness (QED) is 0.763. The molecule has 0 radical (unpaired) electrons. The number of thioether (sulfide) groups is 1. The molecule has 22 heavy (non-hydrogen) atoms. The molecule has 1 aliphatic heterocycles. The van der Waals surface area contributed by atoms with Crippen LogP contribution < -0.4 is 14.2 Å². The predicted molar refractivity (Wildman–Crippen MR) is 84.9 cm³/mol. The van der Waals surface area contributed by atoms with Crippen LogP contribution in [-0.4, -0.2) is 58.2 Å². The van der Waals surface area contributed by atoms with Crippen molar-refractivity contribution in [2.24, 2.45) is 0 Å². The Hall–Kier alpha value is -1.60. The predicted octanol–water partition coefficient (Wildman–Crippen LogP) is 1.93. The molecule has 0 aromatic heterocycles. The van der Waals surface area contributed by atoms with Crippen LogP contribution in [0.15, 0.2) is 12.1 Å². The smallest absolute Gasteiger partial charge is 0.233 e. The van der Waals surface area contributed by atoms with Gasteiger partial charge in [-0.3, -0.25) is 4.79 Å². The van der Waals surface area contributed by atoms with Crippen LogP contribution in [0.2, 0.25) is 0 Å². The summed E-state index contributed by atoms with van der Waals surface area (Å²) < 4.78 is 21.3. The molecule has 1 aliphatic rings. The van der Waals surface area contributed by atoms with Gasteiger partial charge in [0.25, 0.3) is 0 Å². The zero-order valence-electron chi connectivity index (χ0n) is 13.3. The number of benzene rings is 1. The third-order valence-corrected chi connectivity index (χ3v) is 4.74. The zero-order chi connectivity index (χ0) is 16.1. The molecule has 0 spiro atoms. The number of rotatable bonds is 7. The Morgan fingerprint density at radius 3 is 2.45 bits per heavy atom. The van der Waals surface area contributed by atoms with Crippen LogP contribution in [-0.2, 0) is 9.53 Å². The molecule has 0 saturated carbocycles. The van der Waals surface area contributed by atoms with E-state index in [1.165, 1.54) is 0 Å². The van der Waals surface area contributed by atoms with Crippen molar-refractivity contribution in [1.29, 1.82) is 0 Å². The van der Waals surface area contributed by atoms with E-state index in [9.17, 15) is 4.79 Å². The zero-order valence-corrected chi connectivity index (χ0v) is 14.1. The molecule has 0 aliphatic carbocycles. The highest BCUT2D eigenvalue weighted by Gasteiger charge is 2.35. The van der Waals surface area contributed by atoms with Crippen LogP contribution in [0, 0.1) is 0 Å². The first-order valence-corrected chi connectivity index (χ1v) is 7.91. The first kappa shape index (κ1) is 16.8. The van der Waals surface area contributed by atoms with Crippen LogP contribution >= 0.6 is 11.8 Å². The molecule has 1 saturated heterocycles. The fraction of sp³-hybridized carbons (Fsp3) is 0.533. The molecule has 0 N–H and O–H groups in total. The highest BCUT2D eigenvalue weighted by molar-refractivity contribution is 8.00. The van der Waals surface area contributed by atoms with Crippen molar-refractivity contribution in [2.45, 2.75) is 5.37 Å². The van der Waals surface area contributed by atoms with Crippen molar-refractivity contribution in [1.82, 2.24) is 4.90 Å². The molecule has 1 heterocycles. The minimum Gasteiger partial charge on any atom is -0.493 e. The summed E-state index contributed by atoms with van der Waals surface area (Å²) in [5.41, 5.74) is 0.895. The van der Waals surface area contributed by atoms with Crippen molar-refractivity contribution in [3.05, 3.63) is 17.7 Å². The summed E-state index contributed by atoms with van der Waals surface area (Å²) >= 11 is 1.57. The third kappa shape index (κ3) is 3.10. The number of hydrogen-bond acceptors (Lipinski definition) is 6. The third-order valence-electron chi connectivity index (χ3n) is 3.51. The van der Waals surface area contributed by atoms with E-state index in [1.54, 1.807) is 45.1 Å². The summed E-state index contributed by atoms with van der Waals surface area (Å²) in [6.07, 6.45) is 0. The van der Waals surface area contributed by atoms with Crippen LogP contribution in [0.25, 0.3) is 0 Å². The summed E-state index contributed by atoms with van der Waals surface area (Å²) in [7, 11) is 6.36. The van der Waals surface area contributed by atoms with Crippen LogP contribution in [0.4, 0.5) is 0 Å². The maximum atomic E-state index is 12.1. The first-order chi connectivity index (χ1) is 10.7. The highest BCUT2D eigenvalue weighted by atomic mass is 32.2. The average molecular weight is 327 g/mol. The number of methoxy groups -OCH3 is 4. The second-order valence-corrected chi connectivity index (χ2v) is 5.74. The molecule has 7 heteroatoms. The molecule has 6 nitrogen and oxygen atoms in total. The van der Waals surface area contributed by atoms with Gasteiger partial charge in [-0.05, 0) is 12.1 Å². The van der Waals surface area contributed by atoms with Crippen molar-refractivity contribution in [3.63, 3.8) is 0 Å². The fourth-order valence-electron chi connectivity index (χ4n) is 2.46. The van der Waals surface area contributed by atoms with Gasteiger partial charge in [0.15, 0.2) is 11.5 Å². The maximum absolute atomic E-state index is 12.1. The van der Waals surface area contributed by atoms with Gasteiger partial charge in [-0.1, -0.05) is 0 Å². The fourth-order valence-corrected chi connectivity index (χ4v) is 3.70. The number of hydrogen-bond donors (Lipinski definition) is 0. The number of carbonyl (C=O) groups is 1. The molecule has 1 aromatic rings. The Morgan fingerprint density at radius 1 is 1.14 bits per heavy atom. The Morgan fingerprint density at radius 2 is 1.86 bits per heavy atom. The minimum absolute atomic E-state index is 0.101. The first-order valence-electron chi connectivity index (χ1n) is 6.86. The largest absolute Gasteiger partial charge is 0.493 e. The molecular formula is C15H21NO5S. The number of ether oxygens (including phenoxy) is 4. The van der Waals surface area contributed by atoms with Crippen LogP contribution in [0.5, 0.6) is 17.2 Å². The lowest BCUT2D eigenvalue weighted by atomic mass is 10.1. The summed E-state index contributed by atoms with van der Waals surface area (Å²) in [6, 6.07) is 3.74. The van der Waals surface area contributed by atoms with Gasteiger partial charge in [0.1, 0.15) is 5.37 Å². The lowest BCUT2D eigenvalue weighted by molar-refractivity contribution is -0.128. The highest BCUT2D eigenvalue weighted by Crippen LogP contribution is 2.48. The molecule has 1 fully saturated rings. The summed E-state index contributed by atoms with van der Waals surface area (Å²) in [5, 5.41) is -0.114. The lowest BCUT2D eigenvalue weighted by Crippen LogP contribution is -2.31. The average Bonchev–Trinajstić information content (AvgIpc) is 2.91. The van der Waals surface area contributed by atoms with E-state index < -0.39 is 0 Å². The topological polar surface area (TPSA) is 57.2 Å². The van der Waals surface area contributed by atoms with E-state index >= 15 is 0 Å². The van der Waals surface area contributed by atoms with Crippen molar-refractivity contribution >= 4 is 17.7 Å². The Balaban J connectivity index is 2.40. The van der Waals surface area contributed by atoms with Gasteiger partial charge in [0.05, 0.1) is 33.7 Å². The van der Waals surface area contributed by atoms with Gasteiger partial charge in [-0.15, -0.1) is 11.8 Å². The second-order valence-electron chi connectivity index (χ2n) is 4.67.